The smallest absolute Gasteiger partial charge is 0.0809 e. The summed E-state index contributed by atoms with van der Waals surface area (Å²) in [5, 5.41) is 5.32. The first kappa shape index (κ1) is 35.1. The van der Waals surface area contributed by atoms with Gasteiger partial charge in [-0.1, -0.05) is 12.1 Å². The summed E-state index contributed by atoms with van der Waals surface area (Å²) in [5.41, 5.74) is 0. The number of hydrogen-bond donors (Lipinski definition) is 0. The van der Waals surface area contributed by atoms with Crippen molar-refractivity contribution >= 4 is 61.6 Å². The molecule has 4 aromatic rings. The average Bonchev–Trinajstić information content (AvgIpc) is 3.37. The molecule has 0 fully saturated rings. The summed E-state index contributed by atoms with van der Waals surface area (Å²) in [7, 11) is -1.22. The van der Waals surface area contributed by atoms with E-state index in [1.54, 1.807) is 0 Å². The Morgan fingerprint density at radius 3 is 1.48 bits per heavy atom. The zero-order valence-electron chi connectivity index (χ0n) is 18.9. The SMILES string of the molecule is Cl.Cl.[CH2-]CCO[Si](C)(C)C.[CH3-].[Si]=[Zr].c1ccc2[cH-]ccc2c1.c1ccc2[cH-]ccc2c1. The molecule has 0 saturated carbocycles. The maximum Gasteiger partial charge on any atom is -0.0809 e. The number of rotatable bonds is 3. The second-order valence-electron chi connectivity index (χ2n) is 7.12. The Morgan fingerprint density at radius 2 is 1.19 bits per heavy atom. The summed E-state index contributed by atoms with van der Waals surface area (Å²) >= 11 is 1.36. The van der Waals surface area contributed by atoms with Crippen molar-refractivity contribution in [2.75, 3.05) is 6.61 Å². The fourth-order valence-electron chi connectivity index (χ4n) is 2.52. The summed E-state index contributed by atoms with van der Waals surface area (Å²) in [5.74, 6) is 0. The van der Waals surface area contributed by atoms with Gasteiger partial charge in [-0.3, -0.25) is 0 Å². The molecule has 0 saturated heterocycles. The predicted molar refractivity (Wildman–Crippen MR) is 145 cm³/mol. The van der Waals surface area contributed by atoms with Crippen LogP contribution in [-0.4, -0.2) is 21.8 Å². The predicted octanol–water partition coefficient (Wildman–Crippen LogP) is 8.09. The number of fused-ring (bicyclic) bond motifs is 2. The first-order valence-electron chi connectivity index (χ1n) is 9.39. The van der Waals surface area contributed by atoms with Crippen LogP contribution in [0.15, 0.2) is 84.9 Å². The van der Waals surface area contributed by atoms with Gasteiger partial charge in [-0.25, -0.2) is 0 Å². The van der Waals surface area contributed by atoms with Crippen LogP contribution >= 0.6 is 24.8 Å². The van der Waals surface area contributed by atoms with E-state index in [4.69, 9.17) is 4.43 Å². The van der Waals surface area contributed by atoms with Gasteiger partial charge in [0.15, 0.2) is 8.32 Å². The van der Waals surface area contributed by atoms with Crippen LogP contribution < -0.4 is 0 Å². The Bertz CT molecular complexity index is 790. The van der Waals surface area contributed by atoms with Crippen molar-refractivity contribution in [2.45, 2.75) is 26.1 Å². The van der Waals surface area contributed by atoms with Gasteiger partial charge in [0, 0.05) is 6.61 Å². The minimum atomic E-state index is -1.22. The zero-order chi connectivity index (χ0) is 20.8. The maximum absolute atomic E-state index is 5.45. The van der Waals surface area contributed by atoms with Crippen molar-refractivity contribution < 1.29 is 27.8 Å². The van der Waals surface area contributed by atoms with Crippen LogP contribution in [0.1, 0.15) is 6.42 Å². The van der Waals surface area contributed by atoms with E-state index in [-0.39, 0.29) is 32.2 Å². The third kappa shape index (κ3) is 15.1. The van der Waals surface area contributed by atoms with E-state index < -0.39 is 8.32 Å². The molecule has 0 bridgehead atoms. The van der Waals surface area contributed by atoms with Gasteiger partial charge >= 0.3 is 30.2 Å². The topological polar surface area (TPSA) is 9.23 Å². The maximum atomic E-state index is 5.45. The summed E-state index contributed by atoms with van der Waals surface area (Å²) < 4.78 is 5.45. The Labute approximate surface area is 219 Å². The Morgan fingerprint density at radius 1 is 0.806 bits per heavy atom. The Balaban J connectivity index is -0.000000349. The van der Waals surface area contributed by atoms with E-state index in [1.165, 1.54) is 44.9 Å². The van der Waals surface area contributed by atoms with Crippen LogP contribution in [0, 0.1) is 14.4 Å². The second kappa shape index (κ2) is 20.1. The van der Waals surface area contributed by atoms with Crippen molar-refractivity contribution in [1.29, 1.82) is 0 Å². The molecule has 1 nitrogen and oxygen atoms in total. The molecule has 31 heavy (non-hydrogen) atoms. The van der Waals surface area contributed by atoms with E-state index in [1.807, 2.05) is 0 Å². The summed E-state index contributed by atoms with van der Waals surface area (Å²) in [4.78, 5) is 0. The molecule has 0 aliphatic heterocycles. The van der Waals surface area contributed by atoms with Gasteiger partial charge in [0.2, 0.25) is 0 Å². The van der Waals surface area contributed by atoms with E-state index >= 15 is 0 Å². The van der Waals surface area contributed by atoms with Gasteiger partial charge in [0.05, 0.1) is 0 Å². The van der Waals surface area contributed by atoms with E-state index in [0.29, 0.717) is 0 Å². The van der Waals surface area contributed by atoms with Crippen molar-refractivity contribution in [3.05, 3.63) is 99.3 Å². The first-order chi connectivity index (χ1) is 13.5. The number of halogens is 2. The van der Waals surface area contributed by atoms with Gasteiger partial charge in [-0.2, -0.15) is 41.5 Å². The van der Waals surface area contributed by atoms with Crippen LogP contribution in [0.3, 0.4) is 0 Å². The largest absolute Gasteiger partial charge is 0.168 e. The molecular formula is C25H34Cl2OSi2Zr-4. The first-order valence-corrected chi connectivity index (χ1v) is 17.0. The summed E-state index contributed by atoms with van der Waals surface area (Å²) in [6.45, 7) is 14.1. The number of benzene rings is 2. The Hall–Kier alpha value is -0.483. The molecule has 0 atom stereocenters. The van der Waals surface area contributed by atoms with Crippen LogP contribution in [0.5, 0.6) is 0 Å². The number of hydrogen-bond acceptors (Lipinski definition) is 1. The van der Waals surface area contributed by atoms with E-state index in [0.717, 1.165) is 13.0 Å². The molecule has 0 aliphatic carbocycles. The van der Waals surface area contributed by atoms with Crippen LogP contribution in [0.4, 0.5) is 0 Å². The zero-order valence-corrected chi connectivity index (χ0v) is 25.0. The van der Waals surface area contributed by atoms with Crippen molar-refractivity contribution in [3.8, 4) is 0 Å². The third-order valence-electron chi connectivity index (χ3n) is 3.77. The van der Waals surface area contributed by atoms with Gasteiger partial charge in [0.25, 0.3) is 0 Å². The molecule has 170 valence electrons. The van der Waals surface area contributed by atoms with E-state index in [9.17, 15) is 0 Å². The molecule has 0 N–H and O–H groups in total. The molecule has 4 aromatic carbocycles. The third-order valence-corrected chi connectivity index (χ3v) is 4.84. The molecule has 0 amide bonds. The van der Waals surface area contributed by atoms with Crippen LogP contribution in [0.2, 0.25) is 19.6 Å². The van der Waals surface area contributed by atoms with Gasteiger partial charge in [0.1, 0.15) is 0 Å². The average molecular weight is 569 g/mol. The monoisotopic (exact) mass is 566 g/mol. The van der Waals surface area contributed by atoms with Gasteiger partial charge in [-0.05, 0) is 19.6 Å². The Kier molecular flexibility index (Phi) is 22.8. The van der Waals surface area contributed by atoms with Crippen molar-refractivity contribution in [3.63, 3.8) is 0 Å². The minimum Gasteiger partial charge on any atom is -0.168 e. The molecule has 0 unspecified atom stereocenters. The van der Waals surface area contributed by atoms with Gasteiger partial charge in [-0.15, -0.1) is 84.1 Å². The van der Waals surface area contributed by atoms with Crippen molar-refractivity contribution in [1.82, 2.24) is 0 Å². The molecule has 0 aromatic heterocycles. The summed E-state index contributed by atoms with van der Waals surface area (Å²) in [6.07, 6.45) is 0.893. The quantitative estimate of drug-likeness (QED) is 0.179. The molecule has 0 heterocycles. The second-order valence-corrected chi connectivity index (χ2v) is 11.6. The molecule has 2 radical (unpaired) electrons. The normalized spacial score (nSPS) is 9.13. The molecule has 6 heteroatoms. The molecular weight excluding hydrogens is 535 g/mol. The van der Waals surface area contributed by atoms with E-state index in [2.05, 4.69) is 118 Å². The van der Waals surface area contributed by atoms with Crippen LogP contribution in [0.25, 0.3) is 21.5 Å². The van der Waals surface area contributed by atoms with Crippen molar-refractivity contribution in [2.24, 2.45) is 0 Å². The molecule has 0 aliphatic rings. The molecule has 4 rings (SSSR count). The van der Waals surface area contributed by atoms with Crippen LogP contribution in [-0.2, 0) is 27.8 Å². The fourth-order valence-corrected chi connectivity index (χ4v) is 3.27. The fraction of sp³-hybridized carbons (Fsp3) is 0.200. The minimum absolute atomic E-state index is 0. The standard InChI is InChI=1S/2C9H7.C6H15OSi.CH3.2ClH.Si.Zr/c2*1-2-5-9-7-3-6-8(9)4-1;1-5-6-7-8(2,3)4;;;;;/h2*1-7H;1,5-6H2,2-4H3;1H3;2*1H;;/q4*-1;;;;. The summed E-state index contributed by atoms with van der Waals surface area (Å²) in [6, 6.07) is 29.3. The molecule has 0 spiro atoms. The van der Waals surface area contributed by atoms with Gasteiger partial charge < -0.3 is 18.8 Å².